The Morgan fingerprint density at radius 1 is 0.750 bits per heavy atom. The van der Waals surface area contributed by atoms with Gasteiger partial charge in [-0.25, -0.2) is 4.63 Å². The summed E-state index contributed by atoms with van der Waals surface area (Å²) in [5.74, 6) is -0.599. The first-order valence-corrected chi connectivity index (χ1v) is 17.2. The molecule has 16 heteroatoms. The summed E-state index contributed by atoms with van der Waals surface area (Å²) in [7, 11) is -4.69. The Balaban J connectivity index is 1.35. The number of non-ortho nitro benzene ring substituents is 1. The highest BCUT2D eigenvalue weighted by Gasteiger charge is 2.23. The van der Waals surface area contributed by atoms with Crippen LogP contribution < -0.4 is 5.43 Å². The summed E-state index contributed by atoms with van der Waals surface area (Å²) in [6.07, 6.45) is 1.32. The van der Waals surface area contributed by atoms with Crippen molar-refractivity contribution in [2.75, 3.05) is 5.43 Å². The number of aromatic hydroxyl groups is 4. The van der Waals surface area contributed by atoms with E-state index < -0.39 is 19.9 Å². The average Bonchev–Trinajstić information content (AvgIpc) is 3.58. The number of nitrogens with one attached hydrogen (secondary N) is 1. The SMILES string of the molecule is Cc1cc2c(O)c(c1)Cc1cc(S(=O)(=O)O)cc(c1O)Cc1cccc(c1O)Cc1cc(/C=N/Nc3ccc([N+](=O)[O-])c4nonc34)cc(c1O)C2. The lowest BCUT2D eigenvalue weighted by Gasteiger charge is -2.18. The van der Waals surface area contributed by atoms with Gasteiger partial charge in [0, 0.05) is 42.9 Å². The van der Waals surface area contributed by atoms with E-state index in [2.05, 4.69) is 20.8 Å². The summed E-state index contributed by atoms with van der Waals surface area (Å²) in [5.41, 5.74) is 6.72. The summed E-state index contributed by atoms with van der Waals surface area (Å²) < 4.78 is 39.2. The lowest BCUT2D eigenvalue weighted by Crippen LogP contribution is -2.05. The molecular formula is C36H29N5O10S. The monoisotopic (exact) mass is 723 g/mol. The summed E-state index contributed by atoms with van der Waals surface area (Å²) in [6.45, 7) is 1.81. The van der Waals surface area contributed by atoms with Crippen LogP contribution >= 0.6 is 0 Å². The second kappa shape index (κ2) is 13.0. The molecule has 6 N–H and O–H groups in total. The zero-order valence-electron chi connectivity index (χ0n) is 27.2. The maximum atomic E-state index is 12.3. The first kappa shape index (κ1) is 34.0. The number of hydrogen-bond acceptors (Lipinski definition) is 13. The van der Waals surface area contributed by atoms with E-state index in [0.29, 0.717) is 38.9 Å². The van der Waals surface area contributed by atoms with Crippen molar-refractivity contribution in [3.05, 3.63) is 132 Å². The van der Waals surface area contributed by atoms with Gasteiger partial charge in [-0.05, 0) is 86.5 Å². The number of rotatable bonds is 5. The molecule has 0 radical (unpaired) electrons. The first-order valence-electron chi connectivity index (χ1n) is 15.7. The van der Waals surface area contributed by atoms with Gasteiger partial charge in [-0.15, -0.1) is 0 Å². The van der Waals surface area contributed by atoms with Crippen molar-refractivity contribution in [2.45, 2.75) is 37.5 Å². The Labute approximate surface area is 295 Å². The lowest BCUT2D eigenvalue weighted by molar-refractivity contribution is -0.383. The van der Waals surface area contributed by atoms with Gasteiger partial charge in [0.1, 0.15) is 23.0 Å². The van der Waals surface area contributed by atoms with Gasteiger partial charge >= 0.3 is 5.69 Å². The van der Waals surface area contributed by atoms with Crippen LogP contribution in [0.15, 0.2) is 81.4 Å². The fourth-order valence-corrected chi connectivity index (χ4v) is 7.08. The minimum absolute atomic E-state index is 0.0362. The van der Waals surface area contributed by atoms with Gasteiger partial charge in [-0.2, -0.15) is 13.5 Å². The predicted octanol–water partition coefficient (Wildman–Crippen LogP) is 5.63. The predicted molar refractivity (Wildman–Crippen MR) is 188 cm³/mol. The number of aryl methyl sites for hydroxylation is 1. The first-order chi connectivity index (χ1) is 24.8. The summed E-state index contributed by atoms with van der Waals surface area (Å²) in [4.78, 5) is 10.3. The van der Waals surface area contributed by atoms with Crippen LogP contribution in [0.3, 0.4) is 0 Å². The number of phenolic OH excluding ortho intramolecular Hbond substituents is 4. The number of hydrogen-bond donors (Lipinski definition) is 6. The van der Waals surface area contributed by atoms with Gasteiger partial charge in [-0.3, -0.25) is 20.1 Å². The molecule has 6 aromatic rings. The van der Waals surface area contributed by atoms with Crippen molar-refractivity contribution in [3.8, 4) is 23.0 Å². The van der Waals surface area contributed by atoms with Crippen molar-refractivity contribution in [1.82, 2.24) is 10.3 Å². The smallest absolute Gasteiger partial charge is 0.300 e. The highest BCUT2D eigenvalue weighted by molar-refractivity contribution is 7.85. The summed E-state index contributed by atoms with van der Waals surface area (Å²) in [6, 6.07) is 16.7. The molecule has 1 aliphatic carbocycles. The van der Waals surface area contributed by atoms with Crippen LogP contribution in [0.2, 0.25) is 0 Å². The molecule has 8 bridgehead atoms. The van der Waals surface area contributed by atoms with Crippen molar-refractivity contribution in [1.29, 1.82) is 0 Å². The molecule has 0 fully saturated rings. The number of para-hydroxylation sites is 1. The molecule has 0 saturated carbocycles. The topological polar surface area (TPSA) is 242 Å². The van der Waals surface area contributed by atoms with E-state index in [4.69, 9.17) is 4.63 Å². The van der Waals surface area contributed by atoms with Crippen LogP contribution in [0.5, 0.6) is 23.0 Å². The molecule has 0 spiro atoms. The van der Waals surface area contributed by atoms with Crippen molar-refractivity contribution < 1.29 is 42.9 Å². The largest absolute Gasteiger partial charge is 0.507 e. The van der Waals surface area contributed by atoms with Crippen molar-refractivity contribution >= 4 is 38.7 Å². The molecule has 0 amide bonds. The minimum Gasteiger partial charge on any atom is -0.507 e. The quantitative estimate of drug-likeness (QED) is 0.0547. The number of anilines is 1. The van der Waals surface area contributed by atoms with Gasteiger partial charge < -0.3 is 20.4 Å². The molecule has 7 rings (SSSR count). The zero-order chi connectivity index (χ0) is 36.9. The molecule has 52 heavy (non-hydrogen) atoms. The Hall–Kier alpha value is -6.52. The number of hydrazone groups is 1. The third-order valence-electron chi connectivity index (χ3n) is 8.96. The second-order valence-corrected chi connectivity index (χ2v) is 14.0. The Kier molecular flexibility index (Phi) is 8.48. The third kappa shape index (κ3) is 6.43. The van der Waals surface area contributed by atoms with Crippen LogP contribution in [0.25, 0.3) is 11.0 Å². The van der Waals surface area contributed by atoms with Crippen LogP contribution in [0, 0.1) is 17.0 Å². The summed E-state index contributed by atoms with van der Waals surface area (Å²) in [5, 5.41) is 68.9. The Morgan fingerprint density at radius 3 is 1.77 bits per heavy atom. The number of fused-ring (bicyclic) bond motifs is 9. The van der Waals surface area contributed by atoms with E-state index in [1.54, 1.807) is 49.4 Å². The van der Waals surface area contributed by atoms with E-state index >= 15 is 0 Å². The Bertz CT molecular complexity index is 2580. The molecule has 1 heterocycles. The van der Waals surface area contributed by atoms with Gasteiger partial charge in [0.15, 0.2) is 5.52 Å². The van der Waals surface area contributed by atoms with Crippen LogP contribution in [-0.2, 0) is 35.8 Å². The summed E-state index contributed by atoms with van der Waals surface area (Å²) >= 11 is 0. The van der Waals surface area contributed by atoms with Crippen LogP contribution in [-0.4, -0.2) is 54.8 Å². The number of aromatic nitrogens is 2. The molecule has 0 atom stereocenters. The Morgan fingerprint density at radius 2 is 1.23 bits per heavy atom. The highest BCUT2D eigenvalue weighted by Crippen LogP contribution is 2.39. The lowest BCUT2D eigenvalue weighted by atomic mass is 9.90. The number of phenols is 4. The maximum absolute atomic E-state index is 12.3. The fraction of sp³-hybridized carbons (Fsp3) is 0.139. The third-order valence-corrected chi connectivity index (χ3v) is 9.79. The molecule has 5 aromatic carbocycles. The average molecular weight is 724 g/mol. The van der Waals surface area contributed by atoms with Crippen LogP contribution in [0.1, 0.15) is 55.6 Å². The standard InChI is InChI=1S/C36H29N5O10S/c1-18-7-22-13-25-10-19(17-37-38-29-5-6-30(41(46)47)32-31(29)39-51-40-32)9-24(35(25)44)11-20-3-2-4-21(33(20)42)12-26-15-28(52(48,49)50)16-27(36(26)45)14-23(8-18)34(22)43/h2-10,15-17,38,42-45H,11-14H2,1H3,(H,48,49,50)/b37-17+. The highest BCUT2D eigenvalue weighted by atomic mass is 32.2. The molecule has 15 nitrogen and oxygen atoms in total. The molecule has 264 valence electrons. The number of benzene rings is 5. The van der Waals surface area contributed by atoms with Crippen molar-refractivity contribution in [3.63, 3.8) is 0 Å². The van der Waals surface area contributed by atoms with E-state index in [0.717, 1.165) is 17.7 Å². The van der Waals surface area contributed by atoms with Gasteiger partial charge in [0.25, 0.3) is 10.1 Å². The molecule has 0 aliphatic heterocycles. The normalized spacial score (nSPS) is 13.0. The van der Waals surface area contributed by atoms with E-state index in [1.807, 2.05) is 0 Å². The van der Waals surface area contributed by atoms with Crippen molar-refractivity contribution in [2.24, 2.45) is 5.10 Å². The number of nitro benzene ring substituents is 1. The van der Waals surface area contributed by atoms with E-state index in [1.165, 1.54) is 18.3 Å². The number of nitrogens with zero attached hydrogens (tertiary/aromatic N) is 4. The molecule has 1 aromatic heterocycles. The van der Waals surface area contributed by atoms with Gasteiger partial charge in [0.05, 0.1) is 21.7 Å². The molecule has 0 unspecified atom stereocenters. The number of nitro groups is 1. The van der Waals surface area contributed by atoms with E-state index in [-0.39, 0.29) is 82.2 Å². The van der Waals surface area contributed by atoms with Gasteiger partial charge in [0.2, 0.25) is 5.52 Å². The van der Waals surface area contributed by atoms with E-state index in [9.17, 15) is 43.5 Å². The molecule has 1 aliphatic rings. The molecular weight excluding hydrogens is 694 g/mol. The van der Waals surface area contributed by atoms with Crippen LogP contribution in [0.4, 0.5) is 11.4 Å². The maximum Gasteiger partial charge on any atom is 0.300 e. The minimum atomic E-state index is -4.69. The second-order valence-electron chi connectivity index (χ2n) is 12.5. The van der Waals surface area contributed by atoms with Gasteiger partial charge in [-0.1, -0.05) is 35.9 Å². The molecule has 0 saturated heterocycles. The fourth-order valence-electron chi connectivity index (χ4n) is 6.50. The zero-order valence-corrected chi connectivity index (χ0v) is 28.0.